The molecule has 0 N–H and O–H groups in total. The Morgan fingerprint density at radius 3 is 2.44 bits per heavy atom. The summed E-state index contributed by atoms with van der Waals surface area (Å²) in [5.41, 5.74) is 4.57. The summed E-state index contributed by atoms with van der Waals surface area (Å²) in [7, 11) is 1.63. The van der Waals surface area contributed by atoms with Gasteiger partial charge in [-0.05, 0) is 68.4 Å². The normalized spacial score (nSPS) is 15.1. The van der Waals surface area contributed by atoms with Crippen molar-refractivity contribution in [2.45, 2.75) is 66.5 Å². The molecule has 0 bridgehead atoms. The van der Waals surface area contributed by atoms with E-state index in [-0.39, 0.29) is 24.0 Å². The zero-order chi connectivity index (χ0) is 29.5. The molecule has 0 atom stereocenters. The van der Waals surface area contributed by atoms with E-state index in [0.29, 0.717) is 31.6 Å². The Bertz CT molecular complexity index is 1320. The van der Waals surface area contributed by atoms with E-state index in [1.807, 2.05) is 59.2 Å². The monoisotopic (exact) mass is 560 g/mol. The van der Waals surface area contributed by atoms with E-state index in [1.165, 1.54) is 0 Å². The largest absolute Gasteiger partial charge is 0.497 e. The van der Waals surface area contributed by atoms with Crippen molar-refractivity contribution in [3.05, 3.63) is 76.7 Å². The average Bonchev–Trinajstić information content (AvgIpc) is 3.38. The van der Waals surface area contributed by atoms with Gasteiger partial charge in [-0.25, -0.2) is 0 Å². The Hall–Kier alpha value is -3.65. The van der Waals surface area contributed by atoms with Crippen LogP contribution in [0.4, 0.5) is 5.69 Å². The predicted octanol–water partition coefficient (Wildman–Crippen LogP) is 5.52. The van der Waals surface area contributed by atoms with Crippen LogP contribution in [0, 0.1) is 12.8 Å². The van der Waals surface area contributed by atoms with E-state index < -0.39 is 0 Å². The fourth-order valence-corrected chi connectivity index (χ4v) is 5.46. The molecule has 1 aromatic heterocycles. The van der Waals surface area contributed by atoms with Gasteiger partial charge in [0.2, 0.25) is 11.7 Å². The number of hydrogen-bond acceptors (Lipinski definition) is 6. The molecule has 4 rings (SSSR count). The highest BCUT2D eigenvalue weighted by molar-refractivity contribution is 5.96. The second-order valence-corrected chi connectivity index (χ2v) is 11.6. The number of fused-ring (bicyclic) bond motifs is 1. The van der Waals surface area contributed by atoms with Gasteiger partial charge >= 0.3 is 0 Å². The Morgan fingerprint density at radius 1 is 1.00 bits per heavy atom. The number of methoxy groups -OCH3 is 1. The summed E-state index contributed by atoms with van der Waals surface area (Å²) in [5.74, 6) is 1.29. The quantitative estimate of drug-likeness (QED) is 0.379. The van der Waals surface area contributed by atoms with Crippen LogP contribution in [-0.2, 0) is 24.2 Å². The minimum Gasteiger partial charge on any atom is -0.497 e. The number of rotatable bonds is 7. The van der Waals surface area contributed by atoms with Crippen LogP contribution in [0.1, 0.15) is 67.1 Å². The number of nitrogens with zero attached hydrogens (tertiary/aromatic N) is 4. The third kappa shape index (κ3) is 7.76. The van der Waals surface area contributed by atoms with Crippen molar-refractivity contribution in [2.75, 3.05) is 38.2 Å². The number of carbonyl (C=O) groups excluding carboxylic acids is 2. The van der Waals surface area contributed by atoms with Crippen molar-refractivity contribution in [3.8, 4) is 5.75 Å². The second kappa shape index (κ2) is 13.8. The summed E-state index contributed by atoms with van der Waals surface area (Å²) < 4.78 is 10.8. The van der Waals surface area contributed by atoms with E-state index in [0.717, 1.165) is 59.8 Å². The molecule has 8 heteroatoms. The fourth-order valence-electron chi connectivity index (χ4n) is 5.46. The Morgan fingerprint density at radius 2 is 1.76 bits per heavy atom. The predicted molar refractivity (Wildman–Crippen MR) is 161 cm³/mol. The van der Waals surface area contributed by atoms with Crippen LogP contribution < -0.4 is 9.64 Å². The minimum absolute atomic E-state index is 0.0347. The average molecular weight is 561 g/mol. The van der Waals surface area contributed by atoms with Crippen molar-refractivity contribution in [1.82, 2.24) is 15.0 Å². The highest BCUT2D eigenvalue weighted by atomic mass is 16.5. The number of aromatic nitrogens is 1. The van der Waals surface area contributed by atoms with Gasteiger partial charge < -0.3 is 19.1 Å². The molecule has 0 radical (unpaired) electrons. The number of ether oxygens (including phenoxy) is 1. The van der Waals surface area contributed by atoms with Gasteiger partial charge in [-0.2, -0.15) is 0 Å². The number of hydrogen-bond donors (Lipinski definition) is 0. The van der Waals surface area contributed by atoms with E-state index in [1.54, 1.807) is 13.2 Å². The summed E-state index contributed by atoms with van der Waals surface area (Å²) in [6, 6.07) is 15.8. The number of anilines is 1. The lowest BCUT2D eigenvalue weighted by atomic mass is 10.0. The van der Waals surface area contributed by atoms with Crippen LogP contribution in [0.25, 0.3) is 0 Å². The fraction of sp³-hybridized carbons (Fsp3) is 0.485. The Kier molecular flexibility index (Phi) is 10.2. The number of carbonyl (C=O) groups is 2. The third-order valence-corrected chi connectivity index (χ3v) is 7.66. The standard InChI is InChI=1S/C33H44N4O4/c1-23(2)19-28-21-30(41-34-28)33(39)36-18-17-35(24(3)4)15-8-16-37(32-25(5)9-7-10-27(32)22-36)31(38)20-26-11-13-29(40-6)14-12-26/h7,9-14,21,23-24H,8,15-20,22H2,1-6H3. The summed E-state index contributed by atoms with van der Waals surface area (Å²) in [4.78, 5) is 33.9. The maximum absolute atomic E-state index is 13.9. The SMILES string of the molecule is COc1ccc(CC(=O)N2CCCN(C(C)C)CCN(C(=O)c3cc(CC(C)C)no3)Cc3cccc(C)c32)cc1. The van der Waals surface area contributed by atoms with Crippen LogP contribution in [0.2, 0.25) is 0 Å². The molecule has 0 fully saturated rings. The van der Waals surface area contributed by atoms with Crippen LogP contribution >= 0.6 is 0 Å². The van der Waals surface area contributed by atoms with Crippen molar-refractivity contribution >= 4 is 17.5 Å². The first-order valence-electron chi connectivity index (χ1n) is 14.7. The first-order chi connectivity index (χ1) is 19.7. The Labute approximate surface area is 244 Å². The molecule has 1 aliphatic heterocycles. The van der Waals surface area contributed by atoms with E-state index >= 15 is 0 Å². The lowest BCUT2D eigenvalue weighted by Crippen LogP contribution is -2.41. The van der Waals surface area contributed by atoms with Crippen LogP contribution in [-0.4, -0.2) is 66.1 Å². The Balaban J connectivity index is 1.68. The van der Waals surface area contributed by atoms with Gasteiger partial charge in [0, 0.05) is 44.8 Å². The molecular formula is C33H44N4O4. The lowest BCUT2D eigenvalue weighted by Gasteiger charge is -2.29. The van der Waals surface area contributed by atoms with Crippen molar-refractivity contribution in [2.24, 2.45) is 5.92 Å². The van der Waals surface area contributed by atoms with E-state index in [9.17, 15) is 9.59 Å². The zero-order valence-electron chi connectivity index (χ0n) is 25.4. The zero-order valence-corrected chi connectivity index (χ0v) is 25.4. The third-order valence-electron chi connectivity index (χ3n) is 7.66. The first-order valence-corrected chi connectivity index (χ1v) is 14.7. The number of aryl methyl sites for hydroxylation is 1. The van der Waals surface area contributed by atoms with Gasteiger partial charge in [-0.3, -0.25) is 14.5 Å². The first kappa shape index (κ1) is 30.3. The second-order valence-electron chi connectivity index (χ2n) is 11.6. The maximum Gasteiger partial charge on any atom is 0.292 e. The lowest BCUT2D eigenvalue weighted by molar-refractivity contribution is -0.118. The van der Waals surface area contributed by atoms with Crippen molar-refractivity contribution in [1.29, 1.82) is 0 Å². The van der Waals surface area contributed by atoms with Gasteiger partial charge in [0.25, 0.3) is 5.91 Å². The van der Waals surface area contributed by atoms with Crippen LogP contribution in [0.3, 0.4) is 0 Å². The summed E-state index contributed by atoms with van der Waals surface area (Å²) in [6.45, 7) is 13.7. The van der Waals surface area contributed by atoms with Crippen molar-refractivity contribution in [3.63, 3.8) is 0 Å². The smallest absolute Gasteiger partial charge is 0.292 e. The molecule has 0 aliphatic carbocycles. The summed E-state index contributed by atoms with van der Waals surface area (Å²) in [5, 5.41) is 4.16. The molecule has 1 aliphatic rings. The van der Waals surface area contributed by atoms with Gasteiger partial charge in [0.15, 0.2) is 0 Å². The van der Waals surface area contributed by atoms with E-state index in [4.69, 9.17) is 9.26 Å². The highest BCUT2D eigenvalue weighted by Crippen LogP contribution is 2.29. The molecule has 220 valence electrons. The molecule has 0 saturated heterocycles. The van der Waals surface area contributed by atoms with Gasteiger partial charge in [-0.1, -0.05) is 49.3 Å². The molecule has 8 nitrogen and oxygen atoms in total. The molecule has 41 heavy (non-hydrogen) atoms. The minimum atomic E-state index is -0.181. The van der Waals surface area contributed by atoms with Crippen LogP contribution in [0.15, 0.2) is 53.1 Å². The number of amides is 2. The maximum atomic E-state index is 13.9. The molecule has 0 unspecified atom stereocenters. The van der Waals surface area contributed by atoms with Crippen molar-refractivity contribution < 1.29 is 18.8 Å². The molecule has 3 aromatic rings. The molecule has 2 aromatic carbocycles. The molecular weight excluding hydrogens is 516 g/mol. The molecule has 2 heterocycles. The van der Waals surface area contributed by atoms with E-state index in [2.05, 4.69) is 37.8 Å². The van der Waals surface area contributed by atoms with Gasteiger partial charge in [0.1, 0.15) is 5.75 Å². The van der Waals surface area contributed by atoms with Gasteiger partial charge in [-0.15, -0.1) is 0 Å². The summed E-state index contributed by atoms with van der Waals surface area (Å²) >= 11 is 0. The number of benzene rings is 2. The molecule has 0 saturated carbocycles. The number of para-hydroxylation sites is 1. The topological polar surface area (TPSA) is 79.1 Å². The molecule has 0 spiro atoms. The molecule has 2 amide bonds. The summed E-state index contributed by atoms with van der Waals surface area (Å²) in [6.07, 6.45) is 1.87. The van der Waals surface area contributed by atoms with Gasteiger partial charge in [0.05, 0.1) is 24.9 Å². The highest BCUT2D eigenvalue weighted by Gasteiger charge is 2.27. The van der Waals surface area contributed by atoms with Crippen LogP contribution in [0.5, 0.6) is 5.75 Å².